The van der Waals surface area contributed by atoms with Gasteiger partial charge in [-0.2, -0.15) is 0 Å². The number of halogens is 2. The highest BCUT2D eigenvalue weighted by atomic mass is 19.1. The number of fused-ring (bicyclic) bond motifs is 2. The summed E-state index contributed by atoms with van der Waals surface area (Å²) in [6.45, 7) is 1.15. The first-order valence-electron chi connectivity index (χ1n) is 10.1. The number of carbonyl (C=O) groups is 1. The minimum Gasteiger partial charge on any atom is -0.477 e. The Bertz CT molecular complexity index is 1080. The van der Waals surface area contributed by atoms with E-state index in [1.54, 1.807) is 4.90 Å². The Kier molecular flexibility index (Phi) is 4.17. The van der Waals surface area contributed by atoms with Gasteiger partial charge in [0.25, 0.3) is 0 Å². The predicted octanol–water partition coefficient (Wildman–Crippen LogP) is 2.75. The molecule has 3 atom stereocenters. The molecule has 3 fully saturated rings. The Labute approximate surface area is 166 Å². The standard InChI is InChI=1S/C21H23F2N3O3/c1-24-16-5-2-10-7-25(8-13(10)16)19-15(22)6-12-18(17(19)23)26(11-3-4-11)9-14(20(12)27)21(28)29/h6,9-11,13,16,24H,2-5,7-8H2,1H3,(H,28,29)/t10-,13+,16-/m0/s1. The maximum Gasteiger partial charge on any atom is 0.341 e. The molecular formula is C21H23F2N3O3. The van der Waals surface area contributed by atoms with Crippen LogP contribution < -0.4 is 15.6 Å². The fourth-order valence-electron chi connectivity index (χ4n) is 5.32. The second-order valence-electron chi connectivity index (χ2n) is 8.53. The molecule has 8 heteroatoms. The number of hydrogen-bond acceptors (Lipinski definition) is 4. The molecule has 0 unspecified atom stereocenters. The number of carboxylic acids is 1. The second-order valence-corrected chi connectivity index (χ2v) is 8.53. The second kappa shape index (κ2) is 6.52. The summed E-state index contributed by atoms with van der Waals surface area (Å²) in [6, 6.07) is 1.31. The van der Waals surface area contributed by atoms with Crippen molar-refractivity contribution in [3.05, 3.63) is 39.7 Å². The number of rotatable bonds is 4. The van der Waals surface area contributed by atoms with E-state index in [1.807, 2.05) is 7.05 Å². The van der Waals surface area contributed by atoms with E-state index in [0.717, 1.165) is 31.7 Å². The summed E-state index contributed by atoms with van der Waals surface area (Å²) in [5.74, 6) is -2.22. The van der Waals surface area contributed by atoms with E-state index in [-0.39, 0.29) is 22.6 Å². The zero-order valence-electron chi connectivity index (χ0n) is 16.1. The molecule has 0 amide bonds. The molecule has 2 aliphatic carbocycles. The monoisotopic (exact) mass is 403 g/mol. The van der Waals surface area contributed by atoms with Gasteiger partial charge in [0.15, 0.2) is 5.82 Å². The molecule has 1 aliphatic heterocycles. The van der Waals surface area contributed by atoms with Gasteiger partial charge in [0.2, 0.25) is 5.43 Å². The van der Waals surface area contributed by atoms with Crippen molar-refractivity contribution in [3.63, 3.8) is 0 Å². The average Bonchev–Trinajstić information content (AvgIpc) is 3.33. The van der Waals surface area contributed by atoms with E-state index in [9.17, 15) is 14.7 Å². The first-order valence-corrected chi connectivity index (χ1v) is 10.1. The van der Waals surface area contributed by atoms with Crippen LogP contribution in [0, 0.1) is 23.5 Å². The molecule has 154 valence electrons. The highest BCUT2D eigenvalue weighted by Crippen LogP contribution is 2.43. The zero-order valence-corrected chi connectivity index (χ0v) is 16.1. The molecule has 1 aromatic heterocycles. The molecule has 3 aliphatic rings. The van der Waals surface area contributed by atoms with Crippen molar-refractivity contribution in [1.29, 1.82) is 0 Å². The lowest BCUT2D eigenvalue weighted by Crippen LogP contribution is -2.33. The van der Waals surface area contributed by atoms with Crippen LogP contribution >= 0.6 is 0 Å². The molecule has 5 rings (SSSR count). The summed E-state index contributed by atoms with van der Waals surface area (Å²) in [5, 5.41) is 12.4. The number of carboxylic acid groups (broad SMARTS) is 1. The number of hydrogen-bond donors (Lipinski definition) is 2. The number of benzene rings is 1. The van der Waals surface area contributed by atoms with E-state index in [2.05, 4.69) is 5.32 Å². The third-order valence-electron chi connectivity index (χ3n) is 6.90. The van der Waals surface area contributed by atoms with Crippen molar-refractivity contribution < 1.29 is 18.7 Å². The number of aromatic carboxylic acids is 1. The summed E-state index contributed by atoms with van der Waals surface area (Å²) in [6.07, 6.45) is 4.87. The van der Waals surface area contributed by atoms with Crippen LogP contribution in [0.1, 0.15) is 42.1 Å². The van der Waals surface area contributed by atoms with Gasteiger partial charge in [-0.3, -0.25) is 4.79 Å². The third-order valence-corrected chi connectivity index (χ3v) is 6.90. The normalized spacial score (nSPS) is 26.3. The molecule has 2 N–H and O–H groups in total. The van der Waals surface area contributed by atoms with Gasteiger partial charge >= 0.3 is 5.97 Å². The van der Waals surface area contributed by atoms with Gasteiger partial charge in [-0.05, 0) is 50.6 Å². The molecule has 0 spiro atoms. The van der Waals surface area contributed by atoms with E-state index < -0.39 is 28.6 Å². The summed E-state index contributed by atoms with van der Waals surface area (Å²) in [7, 11) is 1.92. The summed E-state index contributed by atoms with van der Waals surface area (Å²) < 4.78 is 32.3. The number of aromatic nitrogens is 1. The van der Waals surface area contributed by atoms with Crippen LogP contribution in [0.4, 0.5) is 14.5 Å². The van der Waals surface area contributed by atoms with Gasteiger partial charge in [0.1, 0.15) is 17.1 Å². The minimum atomic E-state index is -1.39. The molecule has 2 saturated carbocycles. The molecular weight excluding hydrogens is 380 g/mol. The molecule has 0 radical (unpaired) electrons. The van der Waals surface area contributed by atoms with Crippen LogP contribution in [0.2, 0.25) is 0 Å². The predicted molar refractivity (Wildman–Crippen MR) is 105 cm³/mol. The molecule has 2 heterocycles. The van der Waals surface area contributed by atoms with Crippen LogP contribution in [-0.4, -0.2) is 41.8 Å². The molecule has 2 aromatic rings. The minimum absolute atomic E-state index is 0.0149. The fourth-order valence-corrected chi connectivity index (χ4v) is 5.32. The highest BCUT2D eigenvalue weighted by molar-refractivity contribution is 5.94. The SMILES string of the molecule is CN[C@H]1CC[C@H]2CN(c3c(F)cc4c(=O)c(C(=O)O)cn(C5CC5)c4c3F)C[C@H]21. The van der Waals surface area contributed by atoms with Gasteiger partial charge in [0, 0.05) is 31.4 Å². The van der Waals surface area contributed by atoms with Crippen molar-refractivity contribution in [2.75, 3.05) is 25.0 Å². The zero-order chi connectivity index (χ0) is 20.4. The maximum absolute atomic E-state index is 15.7. The Balaban J connectivity index is 1.67. The topological polar surface area (TPSA) is 74.6 Å². The largest absolute Gasteiger partial charge is 0.477 e. The van der Waals surface area contributed by atoms with E-state index >= 15 is 8.78 Å². The third kappa shape index (κ3) is 2.76. The smallest absolute Gasteiger partial charge is 0.341 e. The van der Waals surface area contributed by atoms with Gasteiger partial charge < -0.3 is 19.9 Å². The van der Waals surface area contributed by atoms with Gasteiger partial charge in [-0.25, -0.2) is 13.6 Å². The lowest BCUT2D eigenvalue weighted by Gasteiger charge is -2.24. The molecule has 29 heavy (non-hydrogen) atoms. The number of pyridine rings is 1. The summed E-state index contributed by atoms with van der Waals surface area (Å²) in [5.41, 5.74) is -1.38. The summed E-state index contributed by atoms with van der Waals surface area (Å²) >= 11 is 0. The molecule has 1 saturated heterocycles. The Hall–Kier alpha value is -2.48. The molecule has 0 bridgehead atoms. The Morgan fingerprint density at radius 2 is 1.97 bits per heavy atom. The summed E-state index contributed by atoms with van der Waals surface area (Å²) in [4.78, 5) is 25.8. The maximum atomic E-state index is 15.7. The van der Waals surface area contributed by atoms with E-state index in [0.29, 0.717) is 31.0 Å². The van der Waals surface area contributed by atoms with Crippen LogP contribution in [0.5, 0.6) is 0 Å². The van der Waals surface area contributed by atoms with Crippen LogP contribution in [0.3, 0.4) is 0 Å². The van der Waals surface area contributed by atoms with Crippen LogP contribution in [-0.2, 0) is 0 Å². The first kappa shape index (κ1) is 18.5. The van der Waals surface area contributed by atoms with Crippen molar-refractivity contribution in [2.24, 2.45) is 11.8 Å². The van der Waals surface area contributed by atoms with Gasteiger partial charge in [-0.1, -0.05) is 0 Å². The molecule has 6 nitrogen and oxygen atoms in total. The Morgan fingerprint density at radius 3 is 2.62 bits per heavy atom. The van der Waals surface area contributed by atoms with E-state index in [4.69, 9.17) is 0 Å². The van der Waals surface area contributed by atoms with Crippen molar-refractivity contribution in [2.45, 2.75) is 37.8 Å². The average molecular weight is 403 g/mol. The highest BCUT2D eigenvalue weighted by Gasteiger charge is 2.43. The quantitative estimate of drug-likeness (QED) is 0.821. The number of nitrogens with one attached hydrogen (secondary N) is 1. The Morgan fingerprint density at radius 1 is 1.21 bits per heavy atom. The van der Waals surface area contributed by atoms with Gasteiger partial charge in [0.05, 0.1) is 10.9 Å². The fraction of sp³-hybridized carbons (Fsp3) is 0.524. The van der Waals surface area contributed by atoms with Crippen LogP contribution in [0.15, 0.2) is 17.1 Å². The first-order chi connectivity index (χ1) is 13.9. The number of nitrogens with zero attached hydrogens (tertiary/aromatic N) is 2. The van der Waals surface area contributed by atoms with Gasteiger partial charge in [-0.15, -0.1) is 0 Å². The lowest BCUT2D eigenvalue weighted by molar-refractivity contribution is 0.0695. The van der Waals surface area contributed by atoms with E-state index in [1.165, 1.54) is 10.8 Å². The van der Waals surface area contributed by atoms with Crippen molar-refractivity contribution in [1.82, 2.24) is 9.88 Å². The van der Waals surface area contributed by atoms with Crippen molar-refractivity contribution in [3.8, 4) is 0 Å². The number of anilines is 1. The van der Waals surface area contributed by atoms with Crippen molar-refractivity contribution >= 4 is 22.6 Å². The molecule has 1 aromatic carbocycles. The van der Waals surface area contributed by atoms with Crippen LogP contribution in [0.25, 0.3) is 10.9 Å². The lowest BCUT2D eigenvalue weighted by atomic mass is 9.98.